The first-order valence-corrected chi connectivity index (χ1v) is 9.69. The fraction of sp³-hybridized carbons (Fsp3) is 0.222. The van der Waals surface area contributed by atoms with E-state index in [4.69, 9.17) is 9.26 Å². The standard InChI is InChI=1S/C18H17N3O4S/c22-26(23,15-6-7-16-14(11-15)8-9-24-16)19-12-18-20-17(21-25-18)10-13-4-2-1-3-5-13/h1-7,11,19H,8-10,12H2. The molecule has 0 saturated carbocycles. The second kappa shape index (κ2) is 6.89. The number of hydrogen-bond donors (Lipinski definition) is 1. The maximum atomic E-state index is 12.5. The maximum absolute atomic E-state index is 12.5. The molecule has 0 saturated heterocycles. The van der Waals surface area contributed by atoms with E-state index in [-0.39, 0.29) is 17.3 Å². The van der Waals surface area contributed by atoms with E-state index in [0.717, 1.165) is 16.9 Å². The fourth-order valence-corrected chi connectivity index (χ4v) is 3.81. The van der Waals surface area contributed by atoms with Crippen molar-refractivity contribution in [1.82, 2.24) is 14.9 Å². The highest BCUT2D eigenvalue weighted by atomic mass is 32.2. The van der Waals surface area contributed by atoms with Gasteiger partial charge >= 0.3 is 0 Å². The second-order valence-corrected chi connectivity index (χ2v) is 7.73. The summed E-state index contributed by atoms with van der Waals surface area (Å²) in [5.74, 6) is 1.48. The highest BCUT2D eigenvalue weighted by Crippen LogP contribution is 2.27. The Morgan fingerprint density at radius 3 is 2.81 bits per heavy atom. The van der Waals surface area contributed by atoms with Gasteiger partial charge in [0.05, 0.1) is 18.0 Å². The van der Waals surface area contributed by atoms with Crippen molar-refractivity contribution in [2.45, 2.75) is 24.3 Å². The van der Waals surface area contributed by atoms with Crippen LogP contribution in [0.2, 0.25) is 0 Å². The summed E-state index contributed by atoms with van der Waals surface area (Å²) in [5, 5.41) is 3.89. The molecule has 1 aromatic heterocycles. The van der Waals surface area contributed by atoms with Gasteiger partial charge in [-0.3, -0.25) is 0 Å². The minimum absolute atomic E-state index is 0.0578. The zero-order chi connectivity index (χ0) is 18.0. The summed E-state index contributed by atoms with van der Waals surface area (Å²) in [6, 6.07) is 14.6. The van der Waals surface area contributed by atoms with Crippen molar-refractivity contribution in [3.05, 3.63) is 71.4 Å². The first-order valence-electron chi connectivity index (χ1n) is 8.21. The van der Waals surface area contributed by atoms with Crippen molar-refractivity contribution >= 4 is 10.0 Å². The van der Waals surface area contributed by atoms with Crippen molar-refractivity contribution < 1.29 is 17.7 Å². The van der Waals surface area contributed by atoms with Crippen LogP contribution in [-0.4, -0.2) is 25.2 Å². The number of fused-ring (bicyclic) bond motifs is 1. The van der Waals surface area contributed by atoms with Gasteiger partial charge in [-0.2, -0.15) is 4.98 Å². The van der Waals surface area contributed by atoms with Crippen LogP contribution in [0.1, 0.15) is 22.8 Å². The monoisotopic (exact) mass is 371 g/mol. The fourth-order valence-electron chi connectivity index (χ4n) is 2.78. The van der Waals surface area contributed by atoms with E-state index in [1.54, 1.807) is 12.1 Å². The Bertz CT molecular complexity index is 1020. The van der Waals surface area contributed by atoms with Crippen LogP contribution in [0, 0.1) is 0 Å². The molecule has 0 bridgehead atoms. The molecule has 1 aliphatic rings. The Morgan fingerprint density at radius 1 is 1.12 bits per heavy atom. The zero-order valence-electron chi connectivity index (χ0n) is 13.9. The molecule has 0 spiro atoms. The molecule has 3 aromatic rings. The number of hydrogen-bond acceptors (Lipinski definition) is 6. The maximum Gasteiger partial charge on any atom is 0.241 e. The van der Waals surface area contributed by atoms with Gasteiger partial charge in [0.1, 0.15) is 5.75 Å². The molecule has 1 aliphatic heterocycles. The lowest BCUT2D eigenvalue weighted by Gasteiger charge is -2.06. The normalized spacial score (nSPS) is 13.4. The van der Waals surface area contributed by atoms with E-state index in [1.165, 1.54) is 6.07 Å². The molecular weight excluding hydrogens is 354 g/mol. The van der Waals surface area contributed by atoms with Crippen LogP contribution >= 0.6 is 0 Å². The van der Waals surface area contributed by atoms with Crippen molar-refractivity contribution in [3.63, 3.8) is 0 Å². The van der Waals surface area contributed by atoms with Crippen LogP contribution in [0.5, 0.6) is 5.75 Å². The number of benzene rings is 2. The Morgan fingerprint density at radius 2 is 1.96 bits per heavy atom. The molecule has 0 fully saturated rings. The summed E-state index contributed by atoms with van der Waals surface area (Å²) in [6.45, 7) is 0.524. The van der Waals surface area contributed by atoms with Gasteiger partial charge in [-0.15, -0.1) is 0 Å². The molecule has 4 rings (SSSR count). The van der Waals surface area contributed by atoms with Gasteiger partial charge < -0.3 is 9.26 Å². The van der Waals surface area contributed by atoms with Gasteiger partial charge in [0, 0.05) is 12.8 Å². The second-order valence-electron chi connectivity index (χ2n) is 5.96. The molecule has 0 amide bonds. The van der Waals surface area contributed by atoms with E-state index in [9.17, 15) is 8.42 Å². The topological polar surface area (TPSA) is 94.3 Å². The van der Waals surface area contributed by atoms with Crippen molar-refractivity contribution in [2.24, 2.45) is 0 Å². The van der Waals surface area contributed by atoms with Crippen molar-refractivity contribution in [2.75, 3.05) is 6.61 Å². The number of ether oxygens (including phenoxy) is 1. The van der Waals surface area contributed by atoms with Crippen molar-refractivity contribution in [3.8, 4) is 5.75 Å². The Kier molecular flexibility index (Phi) is 4.44. The summed E-state index contributed by atoms with van der Waals surface area (Å²) in [6.07, 6.45) is 1.24. The molecule has 8 heteroatoms. The molecule has 0 aliphatic carbocycles. The van der Waals surface area contributed by atoms with Gasteiger partial charge in [-0.1, -0.05) is 35.5 Å². The van der Waals surface area contributed by atoms with E-state index in [0.29, 0.717) is 25.3 Å². The highest BCUT2D eigenvalue weighted by molar-refractivity contribution is 7.89. The average Bonchev–Trinajstić information content (AvgIpc) is 3.29. The number of rotatable bonds is 6. The predicted octanol–water partition coefficient (Wildman–Crippen LogP) is 2.07. The summed E-state index contributed by atoms with van der Waals surface area (Å²) >= 11 is 0. The molecular formula is C18H17N3O4S. The minimum Gasteiger partial charge on any atom is -0.493 e. The lowest BCUT2D eigenvalue weighted by atomic mass is 10.1. The van der Waals surface area contributed by atoms with Crippen LogP contribution in [0.4, 0.5) is 0 Å². The first kappa shape index (κ1) is 16.7. The molecule has 26 heavy (non-hydrogen) atoms. The van der Waals surface area contributed by atoms with E-state index < -0.39 is 10.0 Å². The van der Waals surface area contributed by atoms with Crippen LogP contribution in [0.3, 0.4) is 0 Å². The van der Waals surface area contributed by atoms with Gasteiger partial charge in [0.15, 0.2) is 5.82 Å². The number of sulfonamides is 1. The molecule has 0 atom stereocenters. The third-order valence-electron chi connectivity index (χ3n) is 4.10. The molecule has 1 N–H and O–H groups in total. The molecule has 0 unspecified atom stereocenters. The van der Waals surface area contributed by atoms with Crippen LogP contribution in [-0.2, 0) is 29.4 Å². The van der Waals surface area contributed by atoms with Gasteiger partial charge in [-0.05, 0) is 29.3 Å². The van der Waals surface area contributed by atoms with Crippen LogP contribution in [0.25, 0.3) is 0 Å². The van der Waals surface area contributed by atoms with Crippen LogP contribution in [0.15, 0.2) is 57.9 Å². The van der Waals surface area contributed by atoms with E-state index in [2.05, 4.69) is 14.9 Å². The summed E-state index contributed by atoms with van der Waals surface area (Å²) in [4.78, 5) is 4.44. The molecule has 0 radical (unpaired) electrons. The summed E-state index contributed by atoms with van der Waals surface area (Å²) in [5.41, 5.74) is 1.96. The van der Waals surface area contributed by atoms with Gasteiger partial charge in [-0.25, -0.2) is 13.1 Å². The Balaban J connectivity index is 1.42. The highest BCUT2D eigenvalue weighted by Gasteiger charge is 2.20. The first-order chi connectivity index (χ1) is 12.6. The number of aromatic nitrogens is 2. The number of nitrogens with zero attached hydrogens (tertiary/aromatic N) is 2. The molecule has 134 valence electrons. The lowest BCUT2D eigenvalue weighted by molar-refractivity contribution is 0.356. The summed E-state index contributed by atoms with van der Waals surface area (Å²) < 4.78 is 38.0. The van der Waals surface area contributed by atoms with Gasteiger partial charge in [0.2, 0.25) is 15.9 Å². The van der Waals surface area contributed by atoms with E-state index >= 15 is 0 Å². The van der Waals surface area contributed by atoms with E-state index in [1.807, 2.05) is 30.3 Å². The SMILES string of the molecule is O=S(=O)(NCc1nc(Cc2ccccc2)no1)c1ccc2c(c1)CCO2. The quantitative estimate of drug-likeness (QED) is 0.713. The lowest BCUT2D eigenvalue weighted by Crippen LogP contribution is -2.23. The third kappa shape index (κ3) is 3.61. The van der Waals surface area contributed by atoms with Crippen LogP contribution < -0.4 is 9.46 Å². The predicted molar refractivity (Wildman–Crippen MR) is 93.2 cm³/mol. The smallest absolute Gasteiger partial charge is 0.241 e. The summed E-state index contributed by atoms with van der Waals surface area (Å²) in [7, 11) is -3.66. The van der Waals surface area contributed by atoms with Crippen molar-refractivity contribution in [1.29, 1.82) is 0 Å². The largest absolute Gasteiger partial charge is 0.493 e. The number of nitrogens with one attached hydrogen (secondary N) is 1. The van der Waals surface area contributed by atoms with Gasteiger partial charge in [0.25, 0.3) is 0 Å². The Hall–Kier alpha value is -2.71. The molecule has 2 heterocycles. The molecule has 2 aromatic carbocycles. The Labute approximate surface area is 151 Å². The molecule has 7 nitrogen and oxygen atoms in total. The minimum atomic E-state index is -3.66. The third-order valence-corrected chi connectivity index (χ3v) is 5.50. The zero-order valence-corrected chi connectivity index (χ0v) is 14.7. The average molecular weight is 371 g/mol.